The third-order valence-corrected chi connectivity index (χ3v) is 2.76. The van der Waals surface area contributed by atoms with Gasteiger partial charge >= 0.3 is 5.97 Å². The van der Waals surface area contributed by atoms with Crippen LogP contribution in [0.1, 0.15) is 12.5 Å². The van der Waals surface area contributed by atoms with Crippen molar-refractivity contribution < 1.29 is 33.3 Å². The summed E-state index contributed by atoms with van der Waals surface area (Å²) in [6.45, 7) is 0.641. The van der Waals surface area contributed by atoms with Crippen molar-refractivity contribution in [2.45, 2.75) is 6.92 Å². The summed E-state index contributed by atoms with van der Waals surface area (Å²) in [5.41, 5.74) is 0.606. The summed E-state index contributed by atoms with van der Waals surface area (Å²) in [6.07, 6.45) is 2.61. The minimum absolute atomic E-state index is 0.431. The molecule has 1 aromatic carbocycles. The molecule has 1 aromatic rings. The first-order chi connectivity index (χ1) is 11.4. The van der Waals surface area contributed by atoms with Crippen molar-refractivity contribution in [3.8, 4) is 17.2 Å². The second kappa shape index (κ2) is 9.19. The number of imide groups is 1. The van der Waals surface area contributed by atoms with Crippen LogP contribution in [0.5, 0.6) is 17.2 Å². The molecule has 0 aliphatic rings. The Morgan fingerprint density at radius 3 is 2.08 bits per heavy atom. The molecule has 8 heteroatoms. The van der Waals surface area contributed by atoms with E-state index in [1.807, 2.05) is 5.32 Å². The van der Waals surface area contributed by atoms with Crippen LogP contribution >= 0.6 is 0 Å². The molecule has 1 rings (SSSR count). The van der Waals surface area contributed by atoms with Crippen LogP contribution in [0.4, 0.5) is 0 Å². The van der Waals surface area contributed by atoms with Crippen LogP contribution < -0.4 is 19.5 Å². The van der Waals surface area contributed by atoms with Crippen molar-refractivity contribution in [3.63, 3.8) is 0 Å². The predicted octanol–water partition coefficient (Wildman–Crippen LogP) is 0.931. The highest BCUT2D eigenvalue weighted by Gasteiger charge is 2.12. The van der Waals surface area contributed by atoms with Gasteiger partial charge in [0.05, 0.1) is 21.3 Å². The molecule has 0 radical (unpaired) electrons. The van der Waals surface area contributed by atoms with Crippen molar-refractivity contribution in [2.75, 3.05) is 27.9 Å². The van der Waals surface area contributed by atoms with E-state index in [1.54, 1.807) is 12.1 Å². The Morgan fingerprint density at radius 2 is 1.62 bits per heavy atom. The second-order valence-electron chi connectivity index (χ2n) is 4.50. The van der Waals surface area contributed by atoms with Gasteiger partial charge in [0.1, 0.15) is 0 Å². The van der Waals surface area contributed by atoms with Crippen molar-refractivity contribution in [1.29, 1.82) is 0 Å². The van der Waals surface area contributed by atoms with Crippen LogP contribution in [0.3, 0.4) is 0 Å². The van der Waals surface area contributed by atoms with Crippen LogP contribution in [-0.2, 0) is 19.1 Å². The molecule has 8 nitrogen and oxygen atoms in total. The number of hydrogen-bond donors (Lipinski definition) is 1. The van der Waals surface area contributed by atoms with Crippen LogP contribution in [0.25, 0.3) is 6.08 Å². The normalized spacial score (nSPS) is 10.2. The van der Waals surface area contributed by atoms with E-state index in [0.717, 1.165) is 6.08 Å². The van der Waals surface area contributed by atoms with Gasteiger partial charge < -0.3 is 18.9 Å². The lowest BCUT2D eigenvalue weighted by atomic mass is 10.1. The first-order valence-electron chi connectivity index (χ1n) is 6.86. The topological polar surface area (TPSA) is 100 Å². The van der Waals surface area contributed by atoms with Gasteiger partial charge in [0.25, 0.3) is 5.91 Å². The molecule has 0 spiro atoms. The molecule has 0 saturated carbocycles. The number of methoxy groups -OCH3 is 3. The Morgan fingerprint density at radius 1 is 1.04 bits per heavy atom. The molecule has 130 valence electrons. The molecule has 2 amide bonds. The van der Waals surface area contributed by atoms with Gasteiger partial charge in [0.2, 0.25) is 11.7 Å². The number of hydrogen-bond acceptors (Lipinski definition) is 7. The molecule has 0 heterocycles. The summed E-state index contributed by atoms with van der Waals surface area (Å²) in [5.74, 6) is -0.652. The summed E-state index contributed by atoms with van der Waals surface area (Å²) < 4.78 is 20.3. The van der Waals surface area contributed by atoms with Crippen LogP contribution in [0.2, 0.25) is 0 Å². The van der Waals surface area contributed by atoms with E-state index in [2.05, 4.69) is 0 Å². The maximum atomic E-state index is 11.6. The molecule has 1 N–H and O–H groups in total. The third-order valence-electron chi connectivity index (χ3n) is 2.76. The Labute approximate surface area is 139 Å². The van der Waals surface area contributed by atoms with Crippen LogP contribution in [-0.4, -0.2) is 45.7 Å². The lowest BCUT2D eigenvalue weighted by Gasteiger charge is -2.12. The van der Waals surface area contributed by atoms with Gasteiger partial charge in [-0.15, -0.1) is 0 Å². The number of rotatable bonds is 7. The maximum absolute atomic E-state index is 11.6. The van der Waals surface area contributed by atoms with Crippen LogP contribution in [0.15, 0.2) is 18.2 Å². The Bertz CT molecular complexity index is 627. The number of carbonyl (C=O) groups excluding carboxylic acids is 3. The average Bonchev–Trinajstić information content (AvgIpc) is 2.56. The minimum Gasteiger partial charge on any atom is -0.493 e. The van der Waals surface area contributed by atoms with E-state index < -0.39 is 24.4 Å². The zero-order valence-electron chi connectivity index (χ0n) is 13.9. The zero-order valence-corrected chi connectivity index (χ0v) is 13.9. The number of benzene rings is 1. The number of amides is 2. The lowest BCUT2D eigenvalue weighted by Crippen LogP contribution is -2.32. The van der Waals surface area contributed by atoms with Gasteiger partial charge in [-0.05, 0) is 23.8 Å². The molecule has 0 atom stereocenters. The van der Waals surface area contributed by atoms with E-state index in [4.69, 9.17) is 18.9 Å². The van der Waals surface area contributed by atoms with Gasteiger partial charge in [-0.2, -0.15) is 0 Å². The molecular weight excluding hydrogens is 318 g/mol. The van der Waals surface area contributed by atoms with Crippen molar-refractivity contribution >= 4 is 23.9 Å². The fraction of sp³-hybridized carbons (Fsp3) is 0.312. The smallest absolute Gasteiger partial charge is 0.331 e. The van der Waals surface area contributed by atoms with Crippen LogP contribution in [0, 0.1) is 0 Å². The van der Waals surface area contributed by atoms with Crippen molar-refractivity contribution in [1.82, 2.24) is 5.32 Å². The van der Waals surface area contributed by atoms with E-state index in [9.17, 15) is 14.4 Å². The third kappa shape index (κ3) is 5.64. The monoisotopic (exact) mass is 337 g/mol. The van der Waals surface area contributed by atoms with E-state index in [1.165, 1.54) is 34.3 Å². The highest BCUT2D eigenvalue weighted by molar-refractivity contribution is 5.96. The van der Waals surface area contributed by atoms with Gasteiger partial charge in [-0.25, -0.2) is 4.79 Å². The first kappa shape index (κ1) is 19.0. The largest absolute Gasteiger partial charge is 0.493 e. The Balaban J connectivity index is 2.77. The molecule has 0 aliphatic carbocycles. The summed E-state index contributed by atoms with van der Waals surface area (Å²) in [5, 5.41) is 1.99. The SMILES string of the molecule is COc1cc(/C=C/C(=O)OCC(=O)NC(C)=O)cc(OC)c1OC. The molecule has 0 saturated heterocycles. The number of nitrogens with one attached hydrogen (secondary N) is 1. The summed E-state index contributed by atoms with van der Waals surface area (Å²) in [4.78, 5) is 33.4. The number of esters is 1. The fourth-order valence-corrected chi connectivity index (χ4v) is 1.78. The Hall–Kier alpha value is -3.03. The quantitative estimate of drug-likeness (QED) is 0.583. The van der Waals surface area contributed by atoms with Gasteiger partial charge in [0.15, 0.2) is 18.1 Å². The van der Waals surface area contributed by atoms with Crippen molar-refractivity contribution in [3.05, 3.63) is 23.8 Å². The molecular formula is C16H19NO7. The summed E-state index contributed by atoms with van der Waals surface area (Å²) in [7, 11) is 4.44. The van der Waals surface area contributed by atoms with Gasteiger partial charge in [-0.1, -0.05) is 0 Å². The zero-order chi connectivity index (χ0) is 18.1. The first-order valence-corrected chi connectivity index (χ1v) is 6.86. The van der Waals surface area contributed by atoms with E-state index in [-0.39, 0.29) is 0 Å². The maximum Gasteiger partial charge on any atom is 0.331 e. The molecule has 0 unspecified atom stereocenters. The predicted molar refractivity (Wildman–Crippen MR) is 84.9 cm³/mol. The molecule has 0 aliphatic heterocycles. The second-order valence-corrected chi connectivity index (χ2v) is 4.50. The number of carbonyl (C=O) groups is 3. The van der Waals surface area contributed by atoms with Gasteiger partial charge in [0, 0.05) is 13.0 Å². The molecule has 0 bridgehead atoms. The standard InChI is InChI=1S/C16H19NO7/c1-10(18)17-14(19)9-24-15(20)6-5-11-7-12(21-2)16(23-4)13(8-11)22-3/h5-8H,9H2,1-4H3,(H,17,18,19)/b6-5+. The number of ether oxygens (including phenoxy) is 4. The Kier molecular flexibility index (Phi) is 7.28. The highest BCUT2D eigenvalue weighted by atomic mass is 16.5. The minimum atomic E-state index is -0.734. The van der Waals surface area contributed by atoms with E-state index >= 15 is 0 Å². The summed E-state index contributed by atoms with van der Waals surface area (Å²) >= 11 is 0. The van der Waals surface area contributed by atoms with Gasteiger partial charge in [-0.3, -0.25) is 14.9 Å². The molecule has 0 aromatic heterocycles. The highest BCUT2D eigenvalue weighted by Crippen LogP contribution is 2.38. The average molecular weight is 337 g/mol. The molecule has 0 fully saturated rings. The van der Waals surface area contributed by atoms with E-state index in [0.29, 0.717) is 22.8 Å². The lowest BCUT2D eigenvalue weighted by molar-refractivity contribution is -0.145. The fourth-order valence-electron chi connectivity index (χ4n) is 1.78. The summed E-state index contributed by atoms with van der Waals surface area (Å²) in [6, 6.07) is 3.29. The molecule has 24 heavy (non-hydrogen) atoms. The van der Waals surface area contributed by atoms with Crippen molar-refractivity contribution in [2.24, 2.45) is 0 Å².